The Bertz CT molecular complexity index is 1760. The van der Waals surface area contributed by atoms with Gasteiger partial charge >= 0.3 is 8.16 Å². The van der Waals surface area contributed by atoms with Crippen LogP contribution in [0.4, 0.5) is 5.69 Å². The summed E-state index contributed by atoms with van der Waals surface area (Å²) in [6.07, 6.45) is 2.12. The Morgan fingerprint density at radius 1 is 0.750 bits per heavy atom. The van der Waals surface area contributed by atoms with Gasteiger partial charge in [0.05, 0.1) is 14.6 Å². The molecule has 0 saturated carbocycles. The average Bonchev–Trinajstić information content (AvgIpc) is 3.08. The van der Waals surface area contributed by atoms with Crippen molar-refractivity contribution in [3.8, 4) is 0 Å². The van der Waals surface area contributed by atoms with Crippen molar-refractivity contribution in [1.82, 2.24) is 0 Å². The molecule has 0 saturated heterocycles. The number of rotatable bonds is 1. The second-order valence-electron chi connectivity index (χ2n) is 9.35. The summed E-state index contributed by atoms with van der Waals surface area (Å²) >= 11 is 7.74. The Balaban J connectivity index is 1.73. The highest BCUT2D eigenvalue weighted by molar-refractivity contribution is 9.11. The molecule has 6 aromatic rings. The molecule has 6 heteroatoms. The maximum absolute atomic E-state index is 6.95. The zero-order chi connectivity index (χ0) is 24.4. The number of fused-ring (bicyclic) bond motifs is 8. The summed E-state index contributed by atoms with van der Waals surface area (Å²) in [5.41, 5.74) is 4.19. The molecular formula is C30H22Br2NO2P. The maximum atomic E-state index is 6.95. The molecule has 0 amide bonds. The molecule has 0 bridgehead atoms. The van der Waals surface area contributed by atoms with Crippen LogP contribution in [0.25, 0.3) is 43.5 Å². The predicted octanol–water partition coefficient (Wildman–Crippen LogP) is 10.7. The number of benzene rings is 5. The largest absolute Gasteiger partial charge is 0.402 e. The van der Waals surface area contributed by atoms with Crippen molar-refractivity contribution in [3.63, 3.8) is 0 Å². The van der Waals surface area contributed by atoms with Crippen LogP contribution in [0.5, 0.6) is 0 Å². The van der Waals surface area contributed by atoms with Crippen molar-refractivity contribution in [2.45, 2.75) is 25.8 Å². The standard InChI is InChI=1S/C30H22Br2NO2P/c1-18-14-15-19-8-4-7-13-26(19)33(18)36-34-29-24(31)16-20-9-2-5-11-22(20)27(29)28-23-12-6-3-10-21(23)17-25(32)30(28)35-36/h2-13,16-18H,14-15H2,1H3. The fraction of sp³-hybridized carbons (Fsp3) is 0.133. The monoisotopic (exact) mass is 617 g/mol. The minimum absolute atomic E-state index is 0.287. The Morgan fingerprint density at radius 2 is 1.28 bits per heavy atom. The highest BCUT2D eigenvalue weighted by Crippen LogP contribution is 2.50. The van der Waals surface area contributed by atoms with Crippen LogP contribution in [0, 0.1) is 0 Å². The van der Waals surface area contributed by atoms with Gasteiger partial charge in [-0.15, -0.1) is 0 Å². The average molecular weight is 619 g/mol. The SMILES string of the molecule is CC1CCc2ccccc2N1p1oc2c(Br)cc3ccccc3c2c2c(o1)c(Br)cc1ccccc12. The van der Waals surface area contributed by atoms with E-state index in [1.807, 2.05) is 0 Å². The molecule has 0 spiro atoms. The first-order valence-electron chi connectivity index (χ1n) is 12.1. The number of para-hydroxylation sites is 1. The summed E-state index contributed by atoms with van der Waals surface area (Å²) in [5, 5.41) is 6.74. The lowest BCUT2D eigenvalue weighted by Crippen LogP contribution is -2.30. The van der Waals surface area contributed by atoms with Crippen molar-refractivity contribution in [2.75, 3.05) is 4.67 Å². The number of aryl methyl sites for hydroxylation is 1. The second-order valence-corrected chi connectivity index (χ2v) is 12.3. The summed E-state index contributed by atoms with van der Waals surface area (Å²) in [4.78, 5) is 0. The van der Waals surface area contributed by atoms with Gasteiger partial charge in [0.2, 0.25) is 0 Å². The third kappa shape index (κ3) is 3.44. The van der Waals surface area contributed by atoms with Gasteiger partial charge in [-0.3, -0.25) is 4.67 Å². The number of hydrogen-bond acceptors (Lipinski definition) is 3. The zero-order valence-electron chi connectivity index (χ0n) is 19.5. The van der Waals surface area contributed by atoms with E-state index >= 15 is 0 Å². The van der Waals surface area contributed by atoms with Gasteiger partial charge in [0.25, 0.3) is 0 Å². The van der Waals surface area contributed by atoms with E-state index in [1.54, 1.807) is 0 Å². The van der Waals surface area contributed by atoms with Gasteiger partial charge in [-0.05, 0) is 96.9 Å². The summed E-state index contributed by atoms with van der Waals surface area (Å²) in [5.74, 6) is 0. The summed E-state index contributed by atoms with van der Waals surface area (Å²) in [6.45, 7) is 2.27. The van der Waals surface area contributed by atoms with Crippen LogP contribution in [0.3, 0.4) is 0 Å². The molecule has 36 heavy (non-hydrogen) atoms. The number of anilines is 1. The van der Waals surface area contributed by atoms with E-state index in [4.69, 9.17) is 8.39 Å². The van der Waals surface area contributed by atoms with Gasteiger partial charge in [-0.1, -0.05) is 66.7 Å². The van der Waals surface area contributed by atoms with E-state index < -0.39 is 8.16 Å². The molecule has 5 aromatic carbocycles. The van der Waals surface area contributed by atoms with Gasteiger partial charge < -0.3 is 8.39 Å². The third-order valence-electron chi connectivity index (χ3n) is 7.16. The van der Waals surface area contributed by atoms with Crippen LogP contribution in [0.2, 0.25) is 0 Å². The third-order valence-corrected chi connectivity index (χ3v) is 9.98. The highest BCUT2D eigenvalue weighted by atomic mass is 79.9. The first kappa shape index (κ1) is 22.5. The molecule has 0 fully saturated rings. The van der Waals surface area contributed by atoms with Crippen LogP contribution in [0.1, 0.15) is 18.9 Å². The Morgan fingerprint density at radius 3 is 1.89 bits per heavy atom. The van der Waals surface area contributed by atoms with Crippen molar-refractivity contribution < 1.29 is 8.39 Å². The van der Waals surface area contributed by atoms with Gasteiger partial charge in [0, 0.05) is 16.8 Å². The van der Waals surface area contributed by atoms with Crippen LogP contribution in [0.15, 0.2) is 102 Å². The van der Waals surface area contributed by atoms with Gasteiger partial charge in [0.15, 0.2) is 11.2 Å². The van der Waals surface area contributed by atoms with E-state index in [0.29, 0.717) is 0 Å². The quantitative estimate of drug-likeness (QED) is 0.184. The van der Waals surface area contributed by atoms with Crippen LogP contribution < -0.4 is 4.67 Å². The molecule has 3 nitrogen and oxygen atoms in total. The topological polar surface area (TPSA) is 29.5 Å². The number of halogens is 2. The Kier molecular flexibility index (Phi) is 5.43. The highest BCUT2D eigenvalue weighted by Gasteiger charge is 2.29. The molecular weight excluding hydrogens is 597 g/mol. The van der Waals surface area contributed by atoms with E-state index in [9.17, 15) is 0 Å². The normalized spacial score (nSPS) is 15.6. The molecule has 1 aliphatic heterocycles. The first-order chi connectivity index (χ1) is 17.6. The summed E-state index contributed by atoms with van der Waals surface area (Å²) in [7, 11) is -1.49. The maximum Gasteiger partial charge on any atom is 0.342 e. The second kappa shape index (κ2) is 8.69. The van der Waals surface area contributed by atoms with E-state index in [-0.39, 0.29) is 6.04 Å². The van der Waals surface area contributed by atoms with E-state index in [2.05, 4.69) is 128 Å². The zero-order valence-corrected chi connectivity index (χ0v) is 23.6. The minimum atomic E-state index is -1.49. The van der Waals surface area contributed by atoms with Crippen molar-refractivity contribution in [3.05, 3.63) is 99.4 Å². The van der Waals surface area contributed by atoms with Crippen LogP contribution in [-0.4, -0.2) is 6.04 Å². The minimum Gasteiger partial charge on any atom is -0.402 e. The van der Waals surface area contributed by atoms with Gasteiger partial charge in [-0.2, -0.15) is 0 Å². The molecule has 0 radical (unpaired) electrons. The van der Waals surface area contributed by atoms with Crippen molar-refractivity contribution in [2.24, 2.45) is 0 Å². The molecule has 1 aromatic heterocycles. The molecule has 178 valence electrons. The molecule has 1 atom stereocenters. The van der Waals surface area contributed by atoms with E-state index in [1.165, 1.54) is 11.3 Å². The molecule has 2 heterocycles. The molecule has 0 N–H and O–H groups in total. The molecule has 0 aliphatic carbocycles. The fourth-order valence-electron chi connectivity index (χ4n) is 5.45. The van der Waals surface area contributed by atoms with E-state index in [0.717, 1.165) is 65.3 Å². The molecule has 1 aliphatic rings. The van der Waals surface area contributed by atoms with Crippen LogP contribution in [-0.2, 0) is 6.42 Å². The number of nitrogens with zero attached hydrogens (tertiary/aromatic N) is 1. The lowest BCUT2D eigenvalue weighted by Gasteiger charge is -2.33. The Labute approximate surface area is 226 Å². The number of hydrogen-bond donors (Lipinski definition) is 0. The molecule has 1 unspecified atom stereocenters. The summed E-state index contributed by atoms with van der Waals surface area (Å²) in [6, 6.07) is 30.2. The fourth-order valence-corrected chi connectivity index (χ4v) is 8.46. The smallest absolute Gasteiger partial charge is 0.342 e. The van der Waals surface area contributed by atoms with Crippen LogP contribution >= 0.6 is 40.0 Å². The van der Waals surface area contributed by atoms with Gasteiger partial charge in [0.1, 0.15) is 0 Å². The van der Waals surface area contributed by atoms with Crippen molar-refractivity contribution in [1.29, 1.82) is 0 Å². The lowest BCUT2D eigenvalue weighted by molar-refractivity contribution is 0.584. The first-order valence-corrected chi connectivity index (χ1v) is 14.8. The van der Waals surface area contributed by atoms with Gasteiger partial charge in [-0.25, -0.2) is 0 Å². The predicted molar refractivity (Wildman–Crippen MR) is 159 cm³/mol. The summed E-state index contributed by atoms with van der Waals surface area (Å²) < 4.78 is 18.1. The lowest BCUT2D eigenvalue weighted by atomic mass is 9.99. The van der Waals surface area contributed by atoms with Crippen molar-refractivity contribution >= 4 is 89.2 Å². The molecule has 7 rings (SSSR count). The Hall–Kier alpha value is -2.72.